The van der Waals surface area contributed by atoms with E-state index in [-0.39, 0.29) is 5.41 Å². The van der Waals surface area contributed by atoms with Crippen molar-refractivity contribution in [3.8, 4) is 0 Å². The van der Waals surface area contributed by atoms with Crippen LogP contribution in [0.1, 0.15) is 20.3 Å². The molecule has 0 bridgehead atoms. The molecular formula is C7H15O2P. The molecule has 3 heteroatoms. The molecule has 0 atom stereocenters. The van der Waals surface area contributed by atoms with Crippen LogP contribution in [-0.4, -0.2) is 19.9 Å². The summed E-state index contributed by atoms with van der Waals surface area (Å²) in [6.07, 6.45) is 1.14. The lowest BCUT2D eigenvalue weighted by molar-refractivity contribution is 0.0470. The zero-order chi connectivity index (χ0) is 7.61. The summed E-state index contributed by atoms with van der Waals surface area (Å²) >= 11 is 0. The minimum atomic E-state index is -0.556. The Morgan fingerprint density at radius 3 is 2.30 bits per heavy atom. The van der Waals surface area contributed by atoms with Crippen molar-refractivity contribution in [1.29, 1.82) is 0 Å². The van der Waals surface area contributed by atoms with E-state index in [0.29, 0.717) is 0 Å². The molecule has 0 aromatic heterocycles. The van der Waals surface area contributed by atoms with Crippen LogP contribution in [0.25, 0.3) is 0 Å². The third-order valence-electron chi connectivity index (χ3n) is 2.04. The quantitative estimate of drug-likeness (QED) is 0.551. The van der Waals surface area contributed by atoms with Gasteiger partial charge in [-0.1, -0.05) is 13.8 Å². The monoisotopic (exact) mass is 162 g/mol. The third-order valence-corrected chi connectivity index (χ3v) is 3.03. The summed E-state index contributed by atoms with van der Waals surface area (Å²) in [4.78, 5) is 0. The van der Waals surface area contributed by atoms with E-state index in [0.717, 1.165) is 19.6 Å². The van der Waals surface area contributed by atoms with Crippen LogP contribution in [0.5, 0.6) is 0 Å². The minimum absolute atomic E-state index is 0.273. The van der Waals surface area contributed by atoms with E-state index in [1.54, 1.807) is 0 Å². The fraction of sp³-hybridized carbons (Fsp3) is 1.00. The summed E-state index contributed by atoms with van der Waals surface area (Å²) in [5.41, 5.74) is 0.273. The molecule has 0 radical (unpaired) electrons. The predicted octanol–water partition coefficient (Wildman–Crippen LogP) is 2.39. The van der Waals surface area contributed by atoms with Crippen LogP contribution in [0.2, 0.25) is 0 Å². The minimum Gasteiger partial charge on any atom is -0.334 e. The molecule has 0 spiro atoms. The van der Waals surface area contributed by atoms with Gasteiger partial charge in [0.2, 0.25) is 0 Å². The third kappa shape index (κ3) is 1.91. The number of hydrogen-bond acceptors (Lipinski definition) is 2. The van der Waals surface area contributed by atoms with E-state index in [1.165, 1.54) is 0 Å². The van der Waals surface area contributed by atoms with E-state index < -0.39 is 8.38 Å². The first kappa shape index (κ1) is 8.45. The van der Waals surface area contributed by atoms with E-state index in [4.69, 9.17) is 9.05 Å². The van der Waals surface area contributed by atoms with E-state index >= 15 is 0 Å². The van der Waals surface area contributed by atoms with Crippen molar-refractivity contribution in [2.45, 2.75) is 20.3 Å². The number of rotatable bonds is 1. The van der Waals surface area contributed by atoms with E-state index in [9.17, 15) is 0 Å². The van der Waals surface area contributed by atoms with Gasteiger partial charge in [-0.3, -0.25) is 0 Å². The lowest BCUT2D eigenvalue weighted by Gasteiger charge is -2.34. The molecule has 60 valence electrons. The molecule has 1 rings (SSSR count). The van der Waals surface area contributed by atoms with Crippen LogP contribution in [0, 0.1) is 5.41 Å². The van der Waals surface area contributed by atoms with Gasteiger partial charge in [-0.15, -0.1) is 0 Å². The van der Waals surface area contributed by atoms with Gasteiger partial charge >= 0.3 is 0 Å². The summed E-state index contributed by atoms with van der Waals surface area (Å²) < 4.78 is 10.9. The van der Waals surface area contributed by atoms with Gasteiger partial charge in [0.25, 0.3) is 0 Å². The summed E-state index contributed by atoms with van der Waals surface area (Å²) in [6, 6.07) is 0. The van der Waals surface area contributed by atoms with Crippen molar-refractivity contribution in [1.82, 2.24) is 0 Å². The first-order valence-electron chi connectivity index (χ1n) is 3.66. The Morgan fingerprint density at radius 1 is 1.40 bits per heavy atom. The maximum Gasteiger partial charge on any atom is 0.167 e. The predicted molar refractivity (Wildman–Crippen MR) is 43.1 cm³/mol. The van der Waals surface area contributed by atoms with Crippen LogP contribution in [0.15, 0.2) is 0 Å². The average Bonchev–Trinajstić information content (AvgIpc) is 1.96. The molecule has 1 heterocycles. The lowest BCUT2D eigenvalue weighted by atomic mass is 9.90. The van der Waals surface area contributed by atoms with Crippen molar-refractivity contribution in [2.75, 3.05) is 19.9 Å². The summed E-state index contributed by atoms with van der Waals surface area (Å²) in [7, 11) is -0.556. The van der Waals surface area contributed by atoms with Gasteiger partial charge in [-0.25, -0.2) is 0 Å². The molecule has 1 fully saturated rings. The highest BCUT2D eigenvalue weighted by atomic mass is 31.2. The molecule has 0 amide bonds. The van der Waals surface area contributed by atoms with Gasteiger partial charge in [0, 0.05) is 12.1 Å². The summed E-state index contributed by atoms with van der Waals surface area (Å²) in [5.74, 6) is 0. The van der Waals surface area contributed by atoms with Crippen LogP contribution in [0.3, 0.4) is 0 Å². The molecule has 1 saturated heterocycles. The van der Waals surface area contributed by atoms with Crippen molar-refractivity contribution in [2.24, 2.45) is 5.41 Å². The Labute approximate surface area is 63.8 Å². The molecule has 0 aromatic carbocycles. The Hall–Kier alpha value is 0.350. The largest absolute Gasteiger partial charge is 0.334 e. The summed E-state index contributed by atoms with van der Waals surface area (Å²) in [6.45, 7) is 8.12. The van der Waals surface area contributed by atoms with Gasteiger partial charge in [-0.05, 0) is 6.42 Å². The molecular weight excluding hydrogens is 147 g/mol. The molecule has 1 aliphatic heterocycles. The zero-order valence-corrected chi connectivity index (χ0v) is 7.78. The van der Waals surface area contributed by atoms with Gasteiger partial charge in [-0.2, -0.15) is 0 Å². The summed E-state index contributed by atoms with van der Waals surface area (Å²) in [5, 5.41) is 0. The van der Waals surface area contributed by atoms with Gasteiger partial charge in [0.1, 0.15) is 0 Å². The van der Waals surface area contributed by atoms with Crippen LogP contribution < -0.4 is 0 Å². The Kier molecular flexibility index (Phi) is 2.67. The smallest absolute Gasteiger partial charge is 0.167 e. The molecule has 0 unspecified atom stereocenters. The molecule has 10 heavy (non-hydrogen) atoms. The van der Waals surface area contributed by atoms with E-state index in [1.807, 2.05) is 6.66 Å². The standard InChI is InChI=1S/C7H15O2P/c1-4-7(2)5-8-10(3)9-6-7/h4-6H2,1-3H3. The highest BCUT2D eigenvalue weighted by Crippen LogP contribution is 2.43. The molecule has 1 aliphatic rings. The SMILES string of the molecule is CCC1(C)COP(C)OC1. The second kappa shape index (κ2) is 3.17. The second-order valence-electron chi connectivity index (χ2n) is 3.15. The maximum absolute atomic E-state index is 5.43. The van der Waals surface area contributed by atoms with E-state index in [2.05, 4.69) is 13.8 Å². The van der Waals surface area contributed by atoms with Crippen LogP contribution >= 0.6 is 8.38 Å². The first-order chi connectivity index (χ1) is 4.66. The molecule has 0 saturated carbocycles. The van der Waals surface area contributed by atoms with Crippen molar-refractivity contribution >= 4 is 8.38 Å². The van der Waals surface area contributed by atoms with Crippen LogP contribution in [-0.2, 0) is 9.05 Å². The highest BCUT2D eigenvalue weighted by molar-refractivity contribution is 7.46. The van der Waals surface area contributed by atoms with Gasteiger partial charge in [0.05, 0.1) is 13.2 Å². The first-order valence-corrected chi connectivity index (χ1v) is 5.28. The van der Waals surface area contributed by atoms with Crippen molar-refractivity contribution in [3.63, 3.8) is 0 Å². The lowest BCUT2D eigenvalue weighted by Crippen LogP contribution is -2.30. The second-order valence-corrected chi connectivity index (χ2v) is 4.55. The topological polar surface area (TPSA) is 18.5 Å². The Morgan fingerprint density at radius 2 is 1.90 bits per heavy atom. The molecule has 0 N–H and O–H groups in total. The zero-order valence-electron chi connectivity index (χ0n) is 6.89. The van der Waals surface area contributed by atoms with Gasteiger partial charge in [0.15, 0.2) is 8.38 Å². The maximum atomic E-state index is 5.43. The van der Waals surface area contributed by atoms with Crippen LogP contribution in [0.4, 0.5) is 0 Å². The molecule has 0 aromatic rings. The normalized spacial score (nSPS) is 41.7. The average molecular weight is 162 g/mol. The fourth-order valence-electron chi connectivity index (χ4n) is 0.777. The van der Waals surface area contributed by atoms with Crippen molar-refractivity contribution in [3.05, 3.63) is 0 Å². The van der Waals surface area contributed by atoms with Crippen molar-refractivity contribution < 1.29 is 9.05 Å². The highest BCUT2D eigenvalue weighted by Gasteiger charge is 2.29. The Bertz CT molecular complexity index is 108. The molecule has 0 aliphatic carbocycles. The fourth-order valence-corrected chi connectivity index (χ4v) is 1.84. The molecule has 2 nitrogen and oxygen atoms in total. The number of hydrogen-bond donors (Lipinski definition) is 0. The van der Waals surface area contributed by atoms with Gasteiger partial charge < -0.3 is 9.05 Å². The Balaban J connectivity index is 2.38.